The van der Waals surface area contributed by atoms with Gasteiger partial charge in [0.15, 0.2) is 0 Å². The zero-order valence-electron chi connectivity index (χ0n) is 8.22. The fraction of sp³-hybridized carbons (Fsp3) is 0.200. The van der Waals surface area contributed by atoms with Gasteiger partial charge in [0.05, 0.1) is 12.1 Å². The number of carbonyl (C=O) groups is 1. The Morgan fingerprint density at radius 2 is 2.06 bits per heavy atom. The van der Waals surface area contributed by atoms with Gasteiger partial charge < -0.3 is 4.90 Å². The highest BCUT2D eigenvalue weighted by molar-refractivity contribution is 9.10. The number of hydrogen-bond acceptors (Lipinski definition) is 4. The molecule has 0 fully saturated rings. The van der Waals surface area contributed by atoms with Crippen LogP contribution in [-0.2, 0) is 0 Å². The highest BCUT2D eigenvalue weighted by Gasteiger charge is 2.18. The molecule has 1 aromatic heterocycles. The minimum Gasteiger partial charge on any atom is -0.311 e. The predicted molar refractivity (Wildman–Crippen MR) is 59.1 cm³/mol. The maximum Gasteiger partial charge on any atom is 0.275 e. The van der Waals surface area contributed by atoms with Gasteiger partial charge in [-0.25, -0.2) is 4.98 Å². The molecule has 1 aromatic rings. The third kappa shape index (κ3) is 2.78. The Bertz CT molecular complexity index is 458. The minimum absolute atomic E-state index is 0.130. The number of aromatic nitrogens is 1. The lowest BCUT2D eigenvalue weighted by Gasteiger charge is -2.15. The molecule has 0 aliphatic carbocycles. The van der Waals surface area contributed by atoms with Crippen molar-refractivity contribution in [2.24, 2.45) is 0 Å². The first kappa shape index (κ1) is 12.2. The molecule has 0 bridgehead atoms. The molecule has 80 valence electrons. The Kier molecular flexibility index (Phi) is 4.43. The maximum absolute atomic E-state index is 11.9. The molecular formula is C10H7BrN4O. The second kappa shape index (κ2) is 5.84. The van der Waals surface area contributed by atoms with Crippen LogP contribution < -0.4 is 0 Å². The molecule has 0 unspecified atom stereocenters. The third-order valence-corrected chi connectivity index (χ3v) is 2.41. The summed E-state index contributed by atoms with van der Waals surface area (Å²) >= 11 is 3.19. The van der Waals surface area contributed by atoms with Crippen LogP contribution in [0.25, 0.3) is 0 Å². The fourth-order valence-corrected chi connectivity index (χ4v) is 1.49. The van der Waals surface area contributed by atoms with Gasteiger partial charge >= 0.3 is 0 Å². The second-order valence-electron chi connectivity index (χ2n) is 2.81. The lowest BCUT2D eigenvalue weighted by atomic mass is 10.3. The zero-order valence-corrected chi connectivity index (χ0v) is 9.81. The topological polar surface area (TPSA) is 80.8 Å². The molecule has 16 heavy (non-hydrogen) atoms. The van der Waals surface area contributed by atoms with Crippen molar-refractivity contribution in [3.8, 4) is 12.1 Å². The maximum atomic E-state index is 11.9. The normalized spacial score (nSPS) is 8.94. The van der Waals surface area contributed by atoms with Gasteiger partial charge in [-0.2, -0.15) is 10.5 Å². The van der Waals surface area contributed by atoms with Gasteiger partial charge in [-0.05, 0) is 28.1 Å². The monoisotopic (exact) mass is 278 g/mol. The third-order valence-electron chi connectivity index (χ3n) is 1.77. The first-order valence-electron chi connectivity index (χ1n) is 4.34. The summed E-state index contributed by atoms with van der Waals surface area (Å²) in [7, 11) is 0. The standard InChI is InChI=1S/C10H7BrN4O/c11-8-2-1-5-14-9(8)10(16)15(6-3-12)7-4-13/h1-2,5H,6-7H2. The zero-order chi connectivity index (χ0) is 12.0. The van der Waals surface area contributed by atoms with Crippen LogP contribution in [0.1, 0.15) is 10.5 Å². The summed E-state index contributed by atoms with van der Waals surface area (Å²) in [4.78, 5) is 16.9. The van der Waals surface area contributed by atoms with Crippen molar-refractivity contribution in [3.05, 3.63) is 28.5 Å². The second-order valence-corrected chi connectivity index (χ2v) is 3.67. The average Bonchev–Trinajstić information content (AvgIpc) is 2.28. The average molecular weight is 279 g/mol. The van der Waals surface area contributed by atoms with E-state index in [0.717, 1.165) is 4.90 Å². The number of nitriles is 2. The van der Waals surface area contributed by atoms with Gasteiger partial charge in [0.25, 0.3) is 5.91 Å². The summed E-state index contributed by atoms with van der Waals surface area (Å²) in [5.74, 6) is -0.435. The number of hydrogen-bond donors (Lipinski definition) is 0. The van der Waals surface area contributed by atoms with Gasteiger partial charge in [0, 0.05) is 10.7 Å². The van der Waals surface area contributed by atoms with Crippen LogP contribution in [0.5, 0.6) is 0 Å². The summed E-state index contributed by atoms with van der Waals surface area (Å²) < 4.78 is 0.542. The molecule has 0 atom stereocenters. The van der Waals surface area contributed by atoms with E-state index in [1.807, 2.05) is 12.1 Å². The van der Waals surface area contributed by atoms with E-state index >= 15 is 0 Å². The molecule has 0 N–H and O–H groups in total. The lowest BCUT2D eigenvalue weighted by Crippen LogP contribution is -2.32. The Morgan fingerprint density at radius 1 is 1.44 bits per heavy atom. The minimum atomic E-state index is -0.435. The molecule has 0 aliphatic heterocycles. The van der Waals surface area contributed by atoms with E-state index in [1.54, 1.807) is 12.1 Å². The number of halogens is 1. The quantitative estimate of drug-likeness (QED) is 0.782. The molecule has 0 saturated heterocycles. The molecule has 1 amide bonds. The van der Waals surface area contributed by atoms with E-state index in [9.17, 15) is 4.79 Å². The summed E-state index contributed by atoms with van der Waals surface area (Å²) in [5, 5.41) is 17.1. The molecule has 0 saturated carbocycles. The molecule has 0 aromatic carbocycles. The van der Waals surface area contributed by atoms with E-state index in [1.165, 1.54) is 6.20 Å². The Morgan fingerprint density at radius 3 is 2.56 bits per heavy atom. The van der Waals surface area contributed by atoms with E-state index in [-0.39, 0.29) is 18.8 Å². The lowest BCUT2D eigenvalue weighted by molar-refractivity contribution is 0.0788. The number of nitrogens with zero attached hydrogens (tertiary/aromatic N) is 4. The predicted octanol–water partition coefficient (Wildman–Crippen LogP) is 1.33. The molecule has 0 aliphatic rings. The molecule has 0 radical (unpaired) electrons. The summed E-state index contributed by atoms with van der Waals surface area (Å²) in [6.45, 7) is -0.259. The van der Waals surface area contributed by atoms with Gasteiger partial charge in [-0.3, -0.25) is 4.79 Å². The first-order valence-corrected chi connectivity index (χ1v) is 5.13. The highest BCUT2D eigenvalue weighted by atomic mass is 79.9. The van der Waals surface area contributed by atoms with Gasteiger partial charge in [0.1, 0.15) is 18.8 Å². The highest BCUT2D eigenvalue weighted by Crippen LogP contribution is 2.15. The van der Waals surface area contributed by atoms with Gasteiger partial charge in [0.2, 0.25) is 0 Å². The molecule has 6 heteroatoms. The van der Waals surface area contributed by atoms with E-state index in [0.29, 0.717) is 4.47 Å². The van der Waals surface area contributed by atoms with Crippen LogP contribution >= 0.6 is 15.9 Å². The largest absolute Gasteiger partial charge is 0.311 e. The number of pyridine rings is 1. The summed E-state index contributed by atoms with van der Waals surface area (Å²) in [6.07, 6.45) is 1.48. The molecular weight excluding hydrogens is 272 g/mol. The van der Waals surface area contributed by atoms with Crippen LogP contribution in [-0.4, -0.2) is 28.9 Å². The number of amides is 1. The van der Waals surface area contributed by atoms with E-state index in [2.05, 4.69) is 20.9 Å². The number of carbonyl (C=O) groups excluding carboxylic acids is 1. The molecule has 1 heterocycles. The van der Waals surface area contributed by atoms with Crippen molar-refractivity contribution in [1.29, 1.82) is 10.5 Å². The van der Waals surface area contributed by atoms with E-state index < -0.39 is 5.91 Å². The van der Waals surface area contributed by atoms with Gasteiger partial charge in [-0.1, -0.05) is 0 Å². The van der Waals surface area contributed by atoms with Crippen molar-refractivity contribution >= 4 is 21.8 Å². The molecule has 0 spiro atoms. The fourth-order valence-electron chi connectivity index (χ4n) is 1.06. The Balaban J connectivity index is 2.96. The van der Waals surface area contributed by atoms with Crippen molar-refractivity contribution in [2.45, 2.75) is 0 Å². The van der Waals surface area contributed by atoms with Crippen molar-refractivity contribution in [2.75, 3.05) is 13.1 Å². The van der Waals surface area contributed by atoms with Crippen LogP contribution in [0.4, 0.5) is 0 Å². The first-order chi connectivity index (χ1) is 7.70. The van der Waals surface area contributed by atoms with Crippen LogP contribution in [0, 0.1) is 22.7 Å². The smallest absolute Gasteiger partial charge is 0.275 e. The van der Waals surface area contributed by atoms with Gasteiger partial charge in [-0.15, -0.1) is 0 Å². The van der Waals surface area contributed by atoms with Crippen LogP contribution in [0.3, 0.4) is 0 Å². The van der Waals surface area contributed by atoms with Crippen LogP contribution in [0.2, 0.25) is 0 Å². The van der Waals surface area contributed by atoms with Crippen molar-refractivity contribution < 1.29 is 4.79 Å². The van der Waals surface area contributed by atoms with Crippen molar-refractivity contribution in [3.63, 3.8) is 0 Å². The number of rotatable bonds is 3. The van der Waals surface area contributed by atoms with E-state index in [4.69, 9.17) is 10.5 Å². The Hall–Kier alpha value is -1.92. The van der Waals surface area contributed by atoms with Crippen LogP contribution in [0.15, 0.2) is 22.8 Å². The van der Waals surface area contributed by atoms with Crippen molar-refractivity contribution in [1.82, 2.24) is 9.88 Å². The molecule has 5 nitrogen and oxygen atoms in total. The SMILES string of the molecule is N#CCN(CC#N)C(=O)c1ncccc1Br. The summed E-state index contributed by atoms with van der Waals surface area (Å²) in [5.41, 5.74) is 0.202. The Labute approximate surface area is 101 Å². The summed E-state index contributed by atoms with van der Waals surface area (Å²) in [6, 6.07) is 7.03. The molecule has 1 rings (SSSR count).